The molecule has 1 aromatic carbocycles. The van der Waals surface area contributed by atoms with Crippen LogP contribution < -0.4 is 5.32 Å². The van der Waals surface area contributed by atoms with Crippen molar-refractivity contribution < 1.29 is 35.9 Å². The molecule has 5 rings (SSSR count). The number of alkyl halides is 6. The molecule has 214 valence electrons. The first-order chi connectivity index (χ1) is 18.1. The number of carbonyl (C=O) groups is 2. The summed E-state index contributed by atoms with van der Waals surface area (Å²) < 4.78 is 79.4. The molecular weight excluding hydrogens is 522 g/mol. The van der Waals surface area contributed by atoms with Gasteiger partial charge >= 0.3 is 12.4 Å². The monoisotopic (exact) mass is 556 g/mol. The lowest BCUT2D eigenvalue weighted by molar-refractivity contribution is -0.162. The third-order valence-electron chi connectivity index (χ3n) is 10.7. The molecule has 1 aromatic rings. The van der Waals surface area contributed by atoms with E-state index < -0.39 is 35.0 Å². The Morgan fingerprint density at radius 2 is 1.67 bits per heavy atom. The number of hydrogen-bond acceptors (Lipinski definition) is 2. The molecule has 1 aliphatic heterocycles. The maximum absolute atomic E-state index is 13.3. The average Bonchev–Trinajstić information content (AvgIpc) is 3.20. The van der Waals surface area contributed by atoms with Crippen LogP contribution in [-0.2, 0) is 17.1 Å². The van der Waals surface area contributed by atoms with Gasteiger partial charge in [-0.15, -0.1) is 0 Å². The average molecular weight is 557 g/mol. The van der Waals surface area contributed by atoms with E-state index in [-0.39, 0.29) is 35.2 Å². The van der Waals surface area contributed by atoms with E-state index in [1.54, 1.807) is 6.08 Å². The van der Waals surface area contributed by atoms with Crippen LogP contribution in [0.1, 0.15) is 73.9 Å². The Morgan fingerprint density at radius 3 is 2.33 bits per heavy atom. The van der Waals surface area contributed by atoms with Gasteiger partial charge in [0, 0.05) is 30.6 Å². The first kappa shape index (κ1) is 28.0. The van der Waals surface area contributed by atoms with Crippen LogP contribution in [0.3, 0.4) is 0 Å². The molecule has 39 heavy (non-hydrogen) atoms. The molecule has 10 heteroatoms. The molecule has 2 amide bonds. The lowest BCUT2D eigenvalue weighted by Gasteiger charge is -2.60. The van der Waals surface area contributed by atoms with E-state index in [1.165, 1.54) is 0 Å². The second-order valence-electron chi connectivity index (χ2n) is 12.4. The Kier molecular flexibility index (Phi) is 6.66. The van der Waals surface area contributed by atoms with Crippen LogP contribution in [0.25, 0.3) is 0 Å². The van der Waals surface area contributed by atoms with E-state index in [0.29, 0.717) is 29.9 Å². The fourth-order valence-corrected chi connectivity index (χ4v) is 8.67. The highest BCUT2D eigenvalue weighted by atomic mass is 19.4. The van der Waals surface area contributed by atoms with E-state index in [9.17, 15) is 35.9 Å². The van der Waals surface area contributed by atoms with Gasteiger partial charge in [-0.2, -0.15) is 26.3 Å². The van der Waals surface area contributed by atoms with Crippen LogP contribution in [0.4, 0.5) is 26.3 Å². The maximum Gasteiger partial charge on any atom is 0.417 e. The van der Waals surface area contributed by atoms with Crippen molar-refractivity contribution >= 4 is 11.8 Å². The zero-order chi connectivity index (χ0) is 28.5. The summed E-state index contributed by atoms with van der Waals surface area (Å²) in [6.45, 7) is 4.78. The molecule has 0 aromatic heterocycles. The van der Waals surface area contributed by atoms with Crippen molar-refractivity contribution in [3.8, 4) is 0 Å². The standard InChI is InChI=1S/C29H34F6N2O2/c1-26-12-10-20-18(6-9-23-27(20,2)13-11-24(38)37(23)3)19(26)8-5-17(26)15-36-25(39)16-4-7-21(28(30,31)32)22(14-16)29(33,34)35/h4,7,11,13-14,17-20,23H,5-6,8-10,12,15H2,1-3H3,(H,36,39)/t17-,18+,19+,20+,23-,26-,27-/m1/s1. The van der Waals surface area contributed by atoms with Crippen molar-refractivity contribution in [2.24, 2.45) is 34.5 Å². The summed E-state index contributed by atoms with van der Waals surface area (Å²) in [6, 6.07) is 1.60. The Balaban J connectivity index is 1.30. The number of amides is 2. The SMILES string of the molecule is CN1C(=O)C=C[C@]2(C)[C@H]3CC[C@]4(C)[C@@H](CNC(=O)c5ccc(C(F)(F)F)c(C(F)(F)F)c5)CC[C@H]4[C@@H]3CC[C@@H]12. The van der Waals surface area contributed by atoms with Crippen LogP contribution in [0, 0.1) is 34.5 Å². The number of nitrogens with zero attached hydrogens (tertiary/aromatic N) is 1. The predicted octanol–water partition coefficient (Wildman–Crippen LogP) is 6.71. The Bertz CT molecular complexity index is 1190. The van der Waals surface area contributed by atoms with Crippen LogP contribution in [0.2, 0.25) is 0 Å². The molecule has 0 spiro atoms. The van der Waals surface area contributed by atoms with Crippen molar-refractivity contribution in [2.45, 2.75) is 70.8 Å². The molecule has 7 atom stereocenters. The minimum atomic E-state index is -5.24. The number of nitrogens with one attached hydrogen (secondary N) is 1. The molecular formula is C29H34F6N2O2. The molecule has 0 unspecified atom stereocenters. The number of fused-ring (bicyclic) bond motifs is 5. The van der Waals surface area contributed by atoms with Gasteiger partial charge in [0.1, 0.15) is 0 Å². The van der Waals surface area contributed by atoms with Gasteiger partial charge in [0.05, 0.1) is 11.1 Å². The van der Waals surface area contributed by atoms with Crippen molar-refractivity contribution in [2.75, 3.05) is 13.6 Å². The Morgan fingerprint density at radius 1 is 0.974 bits per heavy atom. The van der Waals surface area contributed by atoms with E-state index >= 15 is 0 Å². The summed E-state index contributed by atoms with van der Waals surface area (Å²) in [5, 5.41) is 2.73. The zero-order valence-corrected chi connectivity index (χ0v) is 22.3. The van der Waals surface area contributed by atoms with Crippen molar-refractivity contribution in [3.63, 3.8) is 0 Å². The first-order valence-electron chi connectivity index (χ1n) is 13.6. The molecule has 0 radical (unpaired) electrons. The number of rotatable bonds is 3. The van der Waals surface area contributed by atoms with E-state index in [2.05, 4.69) is 25.2 Å². The molecule has 3 fully saturated rings. The highest BCUT2D eigenvalue weighted by Gasteiger charge is 2.60. The Hall–Kier alpha value is -2.52. The van der Waals surface area contributed by atoms with E-state index in [0.717, 1.165) is 44.6 Å². The smallest absolute Gasteiger partial charge is 0.352 e. The molecule has 1 N–H and O–H groups in total. The third kappa shape index (κ3) is 4.55. The van der Waals surface area contributed by atoms with Gasteiger partial charge in [0.15, 0.2) is 0 Å². The normalized spacial score (nSPS) is 36.3. The highest BCUT2D eigenvalue weighted by molar-refractivity contribution is 5.94. The minimum Gasteiger partial charge on any atom is -0.352 e. The number of carbonyl (C=O) groups excluding carboxylic acids is 2. The van der Waals surface area contributed by atoms with Gasteiger partial charge in [0.2, 0.25) is 5.91 Å². The molecule has 0 saturated heterocycles. The second-order valence-corrected chi connectivity index (χ2v) is 12.4. The predicted molar refractivity (Wildman–Crippen MR) is 132 cm³/mol. The van der Waals surface area contributed by atoms with Gasteiger partial charge in [-0.1, -0.05) is 19.9 Å². The molecule has 3 saturated carbocycles. The number of halogens is 6. The minimum absolute atomic E-state index is 0.0450. The molecule has 4 aliphatic rings. The lowest BCUT2D eigenvalue weighted by Crippen LogP contribution is -2.59. The van der Waals surface area contributed by atoms with E-state index in [4.69, 9.17) is 0 Å². The van der Waals surface area contributed by atoms with Crippen LogP contribution in [-0.4, -0.2) is 36.3 Å². The number of hydrogen-bond donors (Lipinski definition) is 1. The van der Waals surface area contributed by atoms with Crippen LogP contribution >= 0.6 is 0 Å². The van der Waals surface area contributed by atoms with Gasteiger partial charge in [-0.3, -0.25) is 9.59 Å². The number of likely N-dealkylation sites (N-methyl/N-ethyl adjacent to an activating group) is 1. The highest BCUT2D eigenvalue weighted by Crippen LogP contribution is 2.65. The van der Waals surface area contributed by atoms with Crippen LogP contribution in [0.15, 0.2) is 30.4 Å². The topological polar surface area (TPSA) is 49.4 Å². The fraction of sp³-hybridized carbons (Fsp3) is 0.655. The van der Waals surface area contributed by atoms with Crippen molar-refractivity contribution in [1.29, 1.82) is 0 Å². The van der Waals surface area contributed by atoms with E-state index in [1.807, 2.05) is 11.9 Å². The zero-order valence-electron chi connectivity index (χ0n) is 22.3. The Labute approximate surface area is 224 Å². The summed E-state index contributed by atoms with van der Waals surface area (Å²) in [4.78, 5) is 27.0. The fourth-order valence-electron chi connectivity index (χ4n) is 8.67. The summed E-state index contributed by atoms with van der Waals surface area (Å²) in [5.41, 5.74) is -4.23. The quantitative estimate of drug-likeness (QED) is 0.421. The van der Waals surface area contributed by atoms with Gasteiger partial charge in [0.25, 0.3) is 5.91 Å². The first-order valence-corrected chi connectivity index (χ1v) is 13.6. The molecule has 1 heterocycles. The molecule has 0 bridgehead atoms. The summed E-state index contributed by atoms with van der Waals surface area (Å²) in [7, 11) is 1.88. The summed E-state index contributed by atoms with van der Waals surface area (Å²) in [6.07, 6.45) is -0.819. The second kappa shape index (κ2) is 9.26. The third-order valence-corrected chi connectivity index (χ3v) is 10.7. The lowest BCUT2D eigenvalue weighted by atomic mass is 9.47. The maximum atomic E-state index is 13.3. The van der Waals surface area contributed by atoms with Gasteiger partial charge < -0.3 is 10.2 Å². The molecule has 3 aliphatic carbocycles. The number of benzene rings is 1. The van der Waals surface area contributed by atoms with Crippen molar-refractivity contribution in [3.05, 3.63) is 47.0 Å². The largest absolute Gasteiger partial charge is 0.417 e. The van der Waals surface area contributed by atoms with Gasteiger partial charge in [-0.05, 0) is 91.9 Å². The van der Waals surface area contributed by atoms with Gasteiger partial charge in [-0.25, -0.2) is 0 Å². The molecule has 4 nitrogen and oxygen atoms in total. The summed E-state index contributed by atoms with van der Waals surface area (Å²) in [5.74, 6) is 0.742. The van der Waals surface area contributed by atoms with Crippen LogP contribution in [0.5, 0.6) is 0 Å². The summed E-state index contributed by atoms with van der Waals surface area (Å²) >= 11 is 0. The van der Waals surface area contributed by atoms with Crippen molar-refractivity contribution in [1.82, 2.24) is 10.2 Å².